The number of hydrogen-bond donors (Lipinski definition) is 2. The molecule has 5 heteroatoms. The molecule has 1 aromatic heterocycles. The maximum absolute atomic E-state index is 12.0. The highest BCUT2D eigenvalue weighted by atomic mass is 32.1. The number of carbonyl (C=O) groups is 2. The van der Waals surface area contributed by atoms with Crippen LogP contribution in [0.3, 0.4) is 0 Å². The van der Waals surface area contributed by atoms with Crippen molar-refractivity contribution in [3.63, 3.8) is 0 Å². The molecule has 0 aliphatic carbocycles. The number of thiophene rings is 1. The van der Waals surface area contributed by atoms with Crippen LogP contribution in [-0.4, -0.2) is 22.5 Å². The van der Waals surface area contributed by atoms with E-state index in [0.29, 0.717) is 4.88 Å². The zero-order valence-corrected chi connectivity index (χ0v) is 12.0. The van der Waals surface area contributed by atoms with Crippen LogP contribution in [0.1, 0.15) is 47.3 Å². The molecule has 1 rings (SSSR count). The monoisotopic (exact) mass is 269 g/mol. The van der Waals surface area contributed by atoms with Gasteiger partial charge in [-0.05, 0) is 38.8 Å². The molecular formula is C13H19NO3S. The van der Waals surface area contributed by atoms with Crippen molar-refractivity contribution in [2.45, 2.75) is 46.1 Å². The van der Waals surface area contributed by atoms with E-state index in [-0.39, 0.29) is 5.91 Å². The van der Waals surface area contributed by atoms with Crippen LogP contribution in [-0.2, 0) is 11.2 Å². The first-order chi connectivity index (χ1) is 8.27. The number of carboxylic acids is 1. The molecule has 4 nitrogen and oxygen atoms in total. The number of aliphatic carboxylic acids is 1. The predicted molar refractivity (Wildman–Crippen MR) is 72.2 cm³/mol. The summed E-state index contributed by atoms with van der Waals surface area (Å²) in [5.74, 6) is -1.37. The van der Waals surface area contributed by atoms with Gasteiger partial charge in [-0.2, -0.15) is 0 Å². The van der Waals surface area contributed by atoms with E-state index in [1.165, 1.54) is 30.7 Å². The van der Waals surface area contributed by atoms with Gasteiger partial charge in [0.05, 0.1) is 4.88 Å². The zero-order valence-electron chi connectivity index (χ0n) is 11.2. The Morgan fingerprint density at radius 2 is 2.06 bits per heavy atom. The summed E-state index contributed by atoms with van der Waals surface area (Å²) in [6.07, 6.45) is 1.97. The molecule has 0 bridgehead atoms. The van der Waals surface area contributed by atoms with Crippen LogP contribution in [0, 0.1) is 6.92 Å². The summed E-state index contributed by atoms with van der Waals surface area (Å²) in [4.78, 5) is 24.6. The summed E-state index contributed by atoms with van der Waals surface area (Å²) < 4.78 is 0. The minimum Gasteiger partial charge on any atom is -0.480 e. The number of rotatable bonds is 5. The van der Waals surface area contributed by atoms with Gasteiger partial charge < -0.3 is 10.4 Å². The van der Waals surface area contributed by atoms with Crippen LogP contribution in [0.15, 0.2) is 6.07 Å². The molecule has 0 atom stereocenters. The Balaban J connectivity index is 2.85. The Morgan fingerprint density at radius 3 is 2.56 bits per heavy atom. The van der Waals surface area contributed by atoms with Gasteiger partial charge in [0.15, 0.2) is 0 Å². The van der Waals surface area contributed by atoms with Gasteiger partial charge in [-0.1, -0.05) is 13.3 Å². The standard InChI is InChI=1S/C13H19NO3S/c1-5-6-9-7-10(18-8(9)2)11(15)14-13(3,4)12(16)17/h7H,5-6H2,1-4H3,(H,14,15)(H,16,17). The van der Waals surface area contributed by atoms with Gasteiger partial charge in [-0.15, -0.1) is 11.3 Å². The van der Waals surface area contributed by atoms with Gasteiger partial charge in [0, 0.05) is 4.88 Å². The normalized spacial score (nSPS) is 11.3. The first kappa shape index (κ1) is 14.7. The van der Waals surface area contributed by atoms with Gasteiger partial charge in [-0.25, -0.2) is 4.79 Å². The van der Waals surface area contributed by atoms with Crippen molar-refractivity contribution in [2.24, 2.45) is 0 Å². The Labute approximate surface area is 111 Å². The minimum atomic E-state index is -1.25. The van der Waals surface area contributed by atoms with Crippen molar-refractivity contribution in [2.75, 3.05) is 0 Å². The number of carboxylic acid groups (broad SMARTS) is 1. The molecule has 1 aromatic rings. The largest absolute Gasteiger partial charge is 0.480 e. The number of nitrogens with one attached hydrogen (secondary N) is 1. The third kappa shape index (κ3) is 3.32. The van der Waals surface area contributed by atoms with E-state index < -0.39 is 11.5 Å². The molecule has 0 fully saturated rings. The second-order valence-corrected chi connectivity index (χ2v) is 6.08. The van der Waals surface area contributed by atoms with Crippen molar-refractivity contribution in [1.29, 1.82) is 0 Å². The highest BCUT2D eigenvalue weighted by Gasteiger charge is 2.29. The molecule has 0 saturated heterocycles. The van der Waals surface area contributed by atoms with Crippen molar-refractivity contribution in [1.82, 2.24) is 5.32 Å². The third-order valence-corrected chi connectivity index (χ3v) is 3.82. The van der Waals surface area contributed by atoms with E-state index in [0.717, 1.165) is 17.7 Å². The molecule has 0 saturated carbocycles. The van der Waals surface area contributed by atoms with Gasteiger partial charge >= 0.3 is 5.97 Å². The summed E-state index contributed by atoms with van der Waals surface area (Å²) in [6, 6.07) is 1.86. The Kier molecular flexibility index (Phi) is 4.51. The van der Waals surface area contributed by atoms with Crippen LogP contribution >= 0.6 is 11.3 Å². The number of hydrogen-bond acceptors (Lipinski definition) is 3. The molecule has 1 amide bonds. The topological polar surface area (TPSA) is 66.4 Å². The molecule has 0 unspecified atom stereocenters. The lowest BCUT2D eigenvalue weighted by molar-refractivity contribution is -0.143. The summed E-state index contributed by atoms with van der Waals surface area (Å²) in [5, 5.41) is 11.5. The molecule has 0 radical (unpaired) electrons. The molecule has 2 N–H and O–H groups in total. The highest BCUT2D eigenvalue weighted by Crippen LogP contribution is 2.23. The average molecular weight is 269 g/mol. The SMILES string of the molecule is CCCc1cc(C(=O)NC(C)(C)C(=O)O)sc1C. The van der Waals surface area contributed by atoms with Crippen molar-refractivity contribution >= 4 is 23.2 Å². The second-order valence-electron chi connectivity index (χ2n) is 4.83. The minimum absolute atomic E-state index is 0.321. The fourth-order valence-corrected chi connectivity index (χ4v) is 2.52. The number of carbonyl (C=O) groups excluding carboxylic acids is 1. The molecule has 0 aliphatic rings. The van der Waals surface area contributed by atoms with E-state index >= 15 is 0 Å². The molecule has 18 heavy (non-hydrogen) atoms. The fourth-order valence-electron chi connectivity index (χ4n) is 1.55. The Bertz CT molecular complexity index is 463. The van der Waals surface area contributed by atoms with E-state index in [1.54, 1.807) is 0 Å². The quantitative estimate of drug-likeness (QED) is 0.863. The predicted octanol–water partition coefficient (Wildman–Crippen LogP) is 2.60. The Hall–Kier alpha value is -1.36. The average Bonchev–Trinajstić information content (AvgIpc) is 2.60. The van der Waals surface area contributed by atoms with Crippen molar-refractivity contribution in [3.8, 4) is 0 Å². The van der Waals surface area contributed by atoms with Crippen LogP contribution in [0.25, 0.3) is 0 Å². The lowest BCUT2D eigenvalue weighted by Gasteiger charge is -2.20. The maximum atomic E-state index is 12.0. The molecule has 0 aliphatic heterocycles. The van der Waals surface area contributed by atoms with E-state index in [2.05, 4.69) is 12.2 Å². The first-order valence-electron chi connectivity index (χ1n) is 5.93. The lowest BCUT2D eigenvalue weighted by atomic mass is 10.1. The van der Waals surface area contributed by atoms with Crippen molar-refractivity contribution in [3.05, 3.63) is 21.4 Å². The van der Waals surface area contributed by atoms with E-state index in [9.17, 15) is 9.59 Å². The van der Waals surface area contributed by atoms with Crippen LogP contribution in [0.4, 0.5) is 0 Å². The first-order valence-corrected chi connectivity index (χ1v) is 6.74. The van der Waals surface area contributed by atoms with Gasteiger partial charge in [-0.3, -0.25) is 4.79 Å². The number of amides is 1. The lowest BCUT2D eigenvalue weighted by Crippen LogP contribution is -2.49. The highest BCUT2D eigenvalue weighted by molar-refractivity contribution is 7.14. The van der Waals surface area contributed by atoms with Crippen LogP contribution in [0.2, 0.25) is 0 Å². The fraction of sp³-hybridized carbons (Fsp3) is 0.538. The smallest absolute Gasteiger partial charge is 0.328 e. The van der Waals surface area contributed by atoms with Gasteiger partial charge in [0.25, 0.3) is 5.91 Å². The Morgan fingerprint density at radius 1 is 1.44 bits per heavy atom. The van der Waals surface area contributed by atoms with Crippen molar-refractivity contribution < 1.29 is 14.7 Å². The maximum Gasteiger partial charge on any atom is 0.328 e. The molecule has 100 valence electrons. The molecule has 1 heterocycles. The van der Waals surface area contributed by atoms with Gasteiger partial charge in [0.2, 0.25) is 0 Å². The van der Waals surface area contributed by atoms with Gasteiger partial charge in [0.1, 0.15) is 5.54 Å². The van der Waals surface area contributed by atoms with E-state index in [4.69, 9.17) is 5.11 Å². The molecule has 0 aromatic carbocycles. The van der Waals surface area contributed by atoms with Crippen LogP contribution in [0.5, 0.6) is 0 Å². The number of aryl methyl sites for hydroxylation is 2. The third-order valence-electron chi connectivity index (χ3n) is 2.72. The van der Waals surface area contributed by atoms with Crippen LogP contribution < -0.4 is 5.32 Å². The summed E-state index contributed by atoms with van der Waals surface area (Å²) in [7, 11) is 0. The summed E-state index contributed by atoms with van der Waals surface area (Å²) >= 11 is 1.41. The summed E-state index contributed by atoms with van der Waals surface area (Å²) in [5.41, 5.74) is -0.0827. The molecule has 0 spiro atoms. The summed E-state index contributed by atoms with van der Waals surface area (Å²) in [6.45, 7) is 7.01. The second kappa shape index (κ2) is 5.52. The zero-order chi connectivity index (χ0) is 13.9. The molecular weight excluding hydrogens is 250 g/mol. The van der Waals surface area contributed by atoms with E-state index in [1.807, 2.05) is 13.0 Å².